The molecular formula is C23H24N2O. The molecule has 3 aromatic heterocycles. The lowest BCUT2D eigenvalue weighted by atomic mass is 9.87. The maximum atomic E-state index is 6.15. The number of fused-ring (bicyclic) bond motifs is 3. The number of nitrogens with zero attached hydrogens (tertiary/aromatic N) is 2. The van der Waals surface area contributed by atoms with E-state index >= 15 is 0 Å². The van der Waals surface area contributed by atoms with Crippen molar-refractivity contribution in [3.63, 3.8) is 0 Å². The Hall–Kier alpha value is -2.68. The quantitative estimate of drug-likeness (QED) is 0.430. The zero-order chi connectivity index (χ0) is 18.4. The number of benzene rings is 1. The van der Waals surface area contributed by atoms with E-state index in [1.165, 1.54) is 11.1 Å². The molecule has 0 radical (unpaired) electrons. The second kappa shape index (κ2) is 6.24. The zero-order valence-electron chi connectivity index (χ0n) is 16.0. The Morgan fingerprint density at radius 3 is 2.54 bits per heavy atom. The van der Waals surface area contributed by atoms with Crippen molar-refractivity contribution in [3.05, 3.63) is 59.4 Å². The van der Waals surface area contributed by atoms with Crippen LogP contribution in [0.1, 0.15) is 43.5 Å². The summed E-state index contributed by atoms with van der Waals surface area (Å²) in [5.74, 6) is 1.06. The number of para-hydroxylation sites is 1. The number of furan rings is 1. The number of aromatic nitrogens is 2. The first-order valence-corrected chi connectivity index (χ1v) is 9.21. The van der Waals surface area contributed by atoms with Crippen LogP contribution in [-0.2, 0) is 0 Å². The SMILES string of the molecule is Cc1ccc2c(n1)oc1c(-c3cc(C(C)C(C)C)c(C)cn3)cccc12. The van der Waals surface area contributed by atoms with Crippen molar-refractivity contribution in [2.75, 3.05) is 0 Å². The van der Waals surface area contributed by atoms with Gasteiger partial charge in [0.2, 0.25) is 5.71 Å². The highest BCUT2D eigenvalue weighted by Gasteiger charge is 2.17. The summed E-state index contributed by atoms with van der Waals surface area (Å²) in [6.07, 6.45) is 1.98. The van der Waals surface area contributed by atoms with Crippen LogP contribution in [0, 0.1) is 19.8 Å². The van der Waals surface area contributed by atoms with Crippen LogP contribution in [0.25, 0.3) is 33.3 Å². The fraction of sp³-hybridized carbons (Fsp3) is 0.304. The smallest absolute Gasteiger partial charge is 0.227 e. The summed E-state index contributed by atoms with van der Waals surface area (Å²) in [4.78, 5) is 9.25. The minimum Gasteiger partial charge on any atom is -0.437 e. The standard InChI is InChI=1S/C23H24N2O/c1-13(2)16(5)20-11-21(24-12-14(20)3)19-8-6-7-17-18-10-9-15(4)25-23(18)26-22(17)19/h6-13,16H,1-5H3. The van der Waals surface area contributed by atoms with Gasteiger partial charge in [0.15, 0.2) is 0 Å². The molecule has 1 unspecified atom stereocenters. The molecule has 3 nitrogen and oxygen atoms in total. The Labute approximate surface area is 154 Å². The van der Waals surface area contributed by atoms with Crippen LogP contribution in [0.2, 0.25) is 0 Å². The third kappa shape index (κ3) is 2.68. The third-order valence-electron chi connectivity index (χ3n) is 5.41. The van der Waals surface area contributed by atoms with Gasteiger partial charge in [-0.2, -0.15) is 0 Å². The van der Waals surface area contributed by atoms with E-state index in [0.717, 1.165) is 33.3 Å². The summed E-state index contributed by atoms with van der Waals surface area (Å²) < 4.78 is 6.15. The summed E-state index contributed by atoms with van der Waals surface area (Å²) >= 11 is 0. The number of hydrogen-bond donors (Lipinski definition) is 0. The van der Waals surface area contributed by atoms with Crippen LogP contribution < -0.4 is 0 Å². The van der Waals surface area contributed by atoms with Gasteiger partial charge in [0.25, 0.3) is 0 Å². The van der Waals surface area contributed by atoms with Crippen molar-refractivity contribution in [1.29, 1.82) is 0 Å². The summed E-state index contributed by atoms with van der Waals surface area (Å²) in [7, 11) is 0. The Balaban J connectivity index is 1.95. The Morgan fingerprint density at radius 2 is 1.77 bits per heavy atom. The van der Waals surface area contributed by atoms with E-state index in [9.17, 15) is 0 Å². The van der Waals surface area contributed by atoms with Crippen molar-refractivity contribution in [3.8, 4) is 11.3 Å². The molecule has 0 saturated carbocycles. The van der Waals surface area contributed by atoms with E-state index < -0.39 is 0 Å². The molecular weight excluding hydrogens is 320 g/mol. The molecule has 0 spiro atoms. The lowest BCUT2D eigenvalue weighted by molar-refractivity contribution is 0.532. The average Bonchev–Trinajstić information content (AvgIpc) is 2.99. The van der Waals surface area contributed by atoms with E-state index in [-0.39, 0.29) is 0 Å². The highest BCUT2D eigenvalue weighted by atomic mass is 16.3. The summed E-state index contributed by atoms with van der Waals surface area (Å²) in [5.41, 5.74) is 7.08. The van der Waals surface area contributed by atoms with Crippen LogP contribution in [0.5, 0.6) is 0 Å². The Bertz CT molecular complexity index is 1110. The molecule has 0 bridgehead atoms. The average molecular weight is 344 g/mol. The number of rotatable bonds is 3. The van der Waals surface area contributed by atoms with Crippen molar-refractivity contribution in [2.45, 2.75) is 40.5 Å². The maximum Gasteiger partial charge on any atom is 0.227 e. The molecule has 3 heteroatoms. The van der Waals surface area contributed by atoms with Gasteiger partial charge in [-0.05, 0) is 61.1 Å². The van der Waals surface area contributed by atoms with Crippen LogP contribution in [-0.4, -0.2) is 9.97 Å². The molecule has 0 amide bonds. The van der Waals surface area contributed by atoms with Crippen LogP contribution >= 0.6 is 0 Å². The van der Waals surface area contributed by atoms with Crippen LogP contribution in [0.4, 0.5) is 0 Å². The summed E-state index contributed by atoms with van der Waals surface area (Å²) in [5, 5.41) is 2.14. The minimum absolute atomic E-state index is 0.482. The van der Waals surface area contributed by atoms with Gasteiger partial charge in [-0.25, -0.2) is 4.98 Å². The van der Waals surface area contributed by atoms with Gasteiger partial charge in [0.05, 0.1) is 5.69 Å². The minimum atomic E-state index is 0.482. The van der Waals surface area contributed by atoms with Crippen molar-refractivity contribution >= 4 is 22.1 Å². The Morgan fingerprint density at radius 1 is 0.962 bits per heavy atom. The monoisotopic (exact) mass is 344 g/mol. The molecule has 1 aromatic carbocycles. The van der Waals surface area contributed by atoms with E-state index in [1.54, 1.807) is 0 Å². The second-order valence-corrected chi connectivity index (χ2v) is 7.55. The highest BCUT2D eigenvalue weighted by Crippen LogP contribution is 2.36. The molecule has 3 heterocycles. The van der Waals surface area contributed by atoms with Crippen molar-refractivity contribution in [1.82, 2.24) is 9.97 Å². The third-order valence-corrected chi connectivity index (χ3v) is 5.41. The van der Waals surface area contributed by atoms with E-state index in [2.05, 4.69) is 63.0 Å². The first kappa shape index (κ1) is 16.8. The molecule has 0 saturated heterocycles. The van der Waals surface area contributed by atoms with Gasteiger partial charge < -0.3 is 4.42 Å². The fourth-order valence-electron chi connectivity index (χ4n) is 3.51. The molecule has 1 atom stereocenters. The predicted molar refractivity (Wildman–Crippen MR) is 107 cm³/mol. The topological polar surface area (TPSA) is 38.9 Å². The molecule has 132 valence electrons. The van der Waals surface area contributed by atoms with Gasteiger partial charge in [-0.15, -0.1) is 0 Å². The van der Waals surface area contributed by atoms with Crippen LogP contribution in [0.15, 0.2) is 47.0 Å². The first-order valence-electron chi connectivity index (χ1n) is 9.21. The van der Waals surface area contributed by atoms with Gasteiger partial charge in [0, 0.05) is 28.2 Å². The van der Waals surface area contributed by atoms with Crippen molar-refractivity contribution < 1.29 is 4.42 Å². The van der Waals surface area contributed by atoms with Crippen molar-refractivity contribution in [2.24, 2.45) is 5.92 Å². The van der Waals surface area contributed by atoms with E-state index in [0.29, 0.717) is 17.5 Å². The van der Waals surface area contributed by atoms with Gasteiger partial charge in [0.1, 0.15) is 5.58 Å². The molecule has 4 rings (SSSR count). The Kier molecular flexibility index (Phi) is 4.03. The summed E-state index contributed by atoms with van der Waals surface area (Å²) in [6.45, 7) is 10.9. The second-order valence-electron chi connectivity index (χ2n) is 7.55. The molecule has 0 aliphatic carbocycles. The zero-order valence-corrected chi connectivity index (χ0v) is 16.0. The van der Waals surface area contributed by atoms with Crippen LogP contribution in [0.3, 0.4) is 0 Å². The van der Waals surface area contributed by atoms with E-state index in [4.69, 9.17) is 9.40 Å². The fourth-order valence-corrected chi connectivity index (χ4v) is 3.51. The van der Waals surface area contributed by atoms with Gasteiger partial charge in [-0.1, -0.05) is 32.9 Å². The molecule has 0 N–H and O–H groups in total. The summed E-state index contributed by atoms with van der Waals surface area (Å²) in [6, 6.07) is 12.6. The molecule has 0 aliphatic rings. The number of aryl methyl sites for hydroxylation is 2. The lowest BCUT2D eigenvalue weighted by Gasteiger charge is -2.19. The largest absolute Gasteiger partial charge is 0.437 e. The highest BCUT2D eigenvalue weighted by molar-refractivity contribution is 6.08. The maximum absolute atomic E-state index is 6.15. The normalized spacial score (nSPS) is 13.0. The first-order chi connectivity index (χ1) is 12.5. The molecule has 26 heavy (non-hydrogen) atoms. The predicted octanol–water partition coefficient (Wildman–Crippen LogP) is 6.42. The lowest BCUT2D eigenvalue weighted by Crippen LogP contribution is -2.05. The molecule has 0 fully saturated rings. The van der Waals surface area contributed by atoms with E-state index in [1.807, 2.05) is 19.2 Å². The van der Waals surface area contributed by atoms with Gasteiger partial charge in [-0.3, -0.25) is 4.98 Å². The molecule has 0 aliphatic heterocycles. The van der Waals surface area contributed by atoms with Gasteiger partial charge >= 0.3 is 0 Å². The number of pyridine rings is 2. The number of hydrogen-bond acceptors (Lipinski definition) is 3. The molecule has 4 aromatic rings.